The second-order valence-electron chi connectivity index (χ2n) is 6.98. The van der Waals surface area contributed by atoms with E-state index >= 15 is 0 Å². The molecule has 3 N–H and O–H groups in total. The van der Waals surface area contributed by atoms with Gasteiger partial charge in [0.25, 0.3) is 11.8 Å². The largest absolute Gasteiger partial charge is 0.399 e. The van der Waals surface area contributed by atoms with Gasteiger partial charge in [-0.1, -0.05) is 30.9 Å². The van der Waals surface area contributed by atoms with Gasteiger partial charge in [-0.2, -0.15) is 0 Å². The molecule has 0 spiro atoms. The number of benzene rings is 2. The molecule has 142 valence electrons. The van der Waals surface area contributed by atoms with Gasteiger partial charge in [0.2, 0.25) is 0 Å². The first-order chi connectivity index (χ1) is 13.0. The fourth-order valence-electron chi connectivity index (χ4n) is 3.43. The number of rotatable bonds is 4. The Morgan fingerprint density at radius 1 is 1.07 bits per heavy atom. The SMILES string of the molecule is CN(C(=O)c1ccc(NC(=O)c2ccc(N)cc2)cc1Cl)C1CCCCC1. The second-order valence-corrected chi connectivity index (χ2v) is 7.39. The number of hydrogen-bond acceptors (Lipinski definition) is 3. The highest BCUT2D eigenvalue weighted by Gasteiger charge is 2.24. The zero-order valence-corrected chi connectivity index (χ0v) is 16.1. The summed E-state index contributed by atoms with van der Waals surface area (Å²) >= 11 is 6.34. The third-order valence-electron chi connectivity index (χ3n) is 5.07. The molecule has 0 heterocycles. The van der Waals surface area contributed by atoms with Crippen LogP contribution >= 0.6 is 11.6 Å². The van der Waals surface area contributed by atoms with Crippen LogP contribution in [0.4, 0.5) is 11.4 Å². The van der Waals surface area contributed by atoms with E-state index in [-0.39, 0.29) is 17.9 Å². The van der Waals surface area contributed by atoms with Crippen LogP contribution in [0.2, 0.25) is 5.02 Å². The van der Waals surface area contributed by atoms with E-state index in [9.17, 15) is 9.59 Å². The molecule has 0 atom stereocenters. The Balaban J connectivity index is 1.70. The highest BCUT2D eigenvalue weighted by Crippen LogP contribution is 2.26. The molecular weight excluding hydrogens is 362 g/mol. The second kappa shape index (κ2) is 8.44. The Labute approximate surface area is 164 Å². The fraction of sp³-hybridized carbons (Fsp3) is 0.333. The zero-order chi connectivity index (χ0) is 19.4. The number of nitrogens with two attached hydrogens (primary N) is 1. The van der Waals surface area contributed by atoms with Gasteiger partial charge in [0.05, 0.1) is 10.6 Å². The predicted octanol–water partition coefficient (Wildman–Crippen LogP) is 4.58. The third kappa shape index (κ3) is 4.61. The Hall–Kier alpha value is -2.53. The number of nitrogen functional groups attached to an aromatic ring is 1. The molecule has 2 aromatic carbocycles. The molecule has 0 aliphatic heterocycles. The van der Waals surface area contributed by atoms with E-state index in [0.717, 1.165) is 25.7 Å². The zero-order valence-electron chi connectivity index (χ0n) is 15.4. The van der Waals surface area contributed by atoms with Gasteiger partial charge >= 0.3 is 0 Å². The number of halogens is 1. The van der Waals surface area contributed by atoms with Crippen LogP contribution in [0.15, 0.2) is 42.5 Å². The average Bonchev–Trinajstić information content (AvgIpc) is 2.68. The molecule has 3 rings (SSSR count). The minimum atomic E-state index is -0.260. The molecule has 0 saturated heterocycles. The van der Waals surface area contributed by atoms with Crippen molar-refractivity contribution in [2.75, 3.05) is 18.1 Å². The molecule has 1 aliphatic carbocycles. The topological polar surface area (TPSA) is 75.4 Å². The molecule has 0 radical (unpaired) electrons. The number of nitrogens with zero attached hydrogens (tertiary/aromatic N) is 1. The first-order valence-corrected chi connectivity index (χ1v) is 9.57. The van der Waals surface area contributed by atoms with Crippen LogP contribution in [-0.4, -0.2) is 29.8 Å². The van der Waals surface area contributed by atoms with Crippen LogP contribution in [-0.2, 0) is 0 Å². The molecule has 2 amide bonds. The molecule has 0 bridgehead atoms. The average molecular weight is 386 g/mol. The van der Waals surface area contributed by atoms with Gasteiger partial charge < -0.3 is 16.0 Å². The van der Waals surface area contributed by atoms with Gasteiger partial charge in [0.15, 0.2) is 0 Å². The van der Waals surface area contributed by atoms with Gasteiger partial charge in [0, 0.05) is 30.0 Å². The quantitative estimate of drug-likeness (QED) is 0.756. The van der Waals surface area contributed by atoms with Gasteiger partial charge in [-0.3, -0.25) is 9.59 Å². The van der Waals surface area contributed by atoms with Crippen molar-refractivity contribution >= 4 is 34.8 Å². The summed E-state index contributed by atoms with van der Waals surface area (Å²) in [4.78, 5) is 26.9. The first kappa shape index (κ1) is 19.2. The maximum atomic E-state index is 12.8. The number of carbonyl (C=O) groups excluding carboxylic acids is 2. The summed E-state index contributed by atoms with van der Waals surface area (Å²) in [5.74, 6) is -0.340. The van der Waals surface area contributed by atoms with Crippen molar-refractivity contribution in [3.63, 3.8) is 0 Å². The highest BCUT2D eigenvalue weighted by atomic mass is 35.5. The molecular formula is C21H24ClN3O2. The Bertz CT molecular complexity index is 830. The van der Waals surface area contributed by atoms with Crippen molar-refractivity contribution in [1.29, 1.82) is 0 Å². The van der Waals surface area contributed by atoms with E-state index in [0.29, 0.717) is 27.5 Å². The minimum Gasteiger partial charge on any atom is -0.399 e. The molecule has 0 aromatic heterocycles. The summed E-state index contributed by atoms with van der Waals surface area (Å²) in [6.07, 6.45) is 5.63. The lowest BCUT2D eigenvalue weighted by atomic mass is 9.94. The summed E-state index contributed by atoms with van der Waals surface area (Å²) in [5.41, 5.74) is 7.73. The van der Waals surface area contributed by atoms with Crippen molar-refractivity contribution in [1.82, 2.24) is 4.90 Å². The Morgan fingerprint density at radius 2 is 1.74 bits per heavy atom. The summed E-state index contributed by atoms with van der Waals surface area (Å²) in [6, 6.07) is 11.9. The summed E-state index contributed by atoms with van der Waals surface area (Å²) in [5, 5.41) is 3.12. The summed E-state index contributed by atoms with van der Waals surface area (Å²) in [6.45, 7) is 0. The number of carbonyl (C=O) groups is 2. The maximum Gasteiger partial charge on any atom is 0.255 e. The smallest absolute Gasteiger partial charge is 0.255 e. The summed E-state index contributed by atoms with van der Waals surface area (Å²) in [7, 11) is 1.84. The van der Waals surface area contributed by atoms with E-state index in [1.807, 2.05) is 7.05 Å². The van der Waals surface area contributed by atoms with Crippen molar-refractivity contribution in [3.05, 3.63) is 58.6 Å². The van der Waals surface area contributed by atoms with E-state index in [2.05, 4.69) is 5.32 Å². The lowest BCUT2D eigenvalue weighted by Crippen LogP contribution is -2.38. The van der Waals surface area contributed by atoms with Crippen molar-refractivity contribution in [2.45, 2.75) is 38.1 Å². The monoisotopic (exact) mass is 385 g/mol. The van der Waals surface area contributed by atoms with Crippen LogP contribution in [0.3, 0.4) is 0 Å². The summed E-state index contributed by atoms with van der Waals surface area (Å²) < 4.78 is 0. The molecule has 0 unspecified atom stereocenters. The van der Waals surface area contributed by atoms with Gasteiger partial charge in [-0.15, -0.1) is 0 Å². The first-order valence-electron chi connectivity index (χ1n) is 9.19. The van der Waals surface area contributed by atoms with Crippen LogP contribution in [0.25, 0.3) is 0 Å². The van der Waals surface area contributed by atoms with E-state index < -0.39 is 0 Å². The van der Waals surface area contributed by atoms with Crippen LogP contribution in [0, 0.1) is 0 Å². The number of hydrogen-bond donors (Lipinski definition) is 2. The fourth-order valence-corrected chi connectivity index (χ4v) is 3.69. The van der Waals surface area contributed by atoms with E-state index in [4.69, 9.17) is 17.3 Å². The van der Waals surface area contributed by atoms with Crippen molar-refractivity contribution < 1.29 is 9.59 Å². The highest BCUT2D eigenvalue weighted by molar-refractivity contribution is 6.34. The van der Waals surface area contributed by atoms with Crippen LogP contribution < -0.4 is 11.1 Å². The minimum absolute atomic E-state index is 0.0803. The van der Waals surface area contributed by atoms with Crippen molar-refractivity contribution in [3.8, 4) is 0 Å². The standard InChI is InChI=1S/C21H24ClN3O2/c1-25(17-5-3-2-4-6-17)21(27)18-12-11-16(13-19(18)22)24-20(26)14-7-9-15(23)10-8-14/h7-13,17H,2-6,23H2,1H3,(H,24,26). The molecule has 2 aromatic rings. The van der Waals surface area contributed by atoms with Gasteiger partial charge in [0.1, 0.15) is 0 Å². The van der Waals surface area contributed by atoms with E-state index in [1.54, 1.807) is 47.4 Å². The number of amides is 2. The lowest BCUT2D eigenvalue weighted by Gasteiger charge is -2.31. The molecule has 5 nitrogen and oxygen atoms in total. The maximum absolute atomic E-state index is 12.8. The molecule has 27 heavy (non-hydrogen) atoms. The lowest BCUT2D eigenvalue weighted by molar-refractivity contribution is 0.0696. The Kier molecular flexibility index (Phi) is 6.01. The van der Waals surface area contributed by atoms with Crippen LogP contribution in [0.5, 0.6) is 0 Å². The van der Waals surface area contributed by atoms with Gasteiger partial charge in [-0.05, 0) is 55.3 Å². The molecule has 1 saturated carbocycles. The van der Waals surface area contributed by atoms with E-state index in [1.165, 1.54) is 6.42 Å². The third-order valence-corrected chi connectivity index (χ3v) is 5.39. The number of nitrogens with one attached hydrogen (secondary N) is 1. The molecule has 6 heteroatoms. The normalized spacial score (nSPS) is 14.6. The molecule has 1 fully saturated rings. The molecule has 1 aliphatic rings. The Morgan fingerprint density at radius 3 is 2.37 bits per heavy atom. The van der Waals surface area contributed by atoms with Crippen LogP contribution in [0.1, 0.15) is 52.8 Å². The number of anilines is 2. The van der Waals surface area contributed by atoms with Crippen molar-refractivity contribution in [2.24, 2.45) is 0 Å². The van der Waals surface area contributed by atoms with Gasteiger partial charge in [-0.25, -0.2) is 0 Å². The predicted molar refractivity (Wildman–Crippen MR) is 109 cm³/mol.